The summed E-state index contributed by atoms with van der Waals surface area (Å²) < 4.78 is 11.3. The first-order chi connectivity index (χ1) is 41.3. The lowest BCUT2D eigenvalue weighted by molar-refractivity contribution is -0.302. The minimum atomic E-state index is -1.59. The number of carbonyl (C=O) groups is 1. The van der Waals surface area contributed by atoms with E-state index in [0.29, 0.717) is 19.3 Å². The second-order valence-corrected chi connectivity index (χ2v) is 21.8. The number of amides is 1. The van der Waals surface area contributed by atoms with Gasteiger partial charge in [-0.25, -0.2) is 0 Å². The van der Waals surface area contributed by atoms with Gasteiger partial charge in [0.2, 0.25) is 5.91 Å². The highest BCUT2D eigenvalue weighted by Gasteiger charge is 2.44. The molecular weight excluding hydrogens is 1040 g/mol. The fourth-order valence-corrected chi connectivity index (χ4v) is 9.05. The van der Waals surface area contributed by atoms with E-state index in [1.54, 1.807) is 6.08 Å². The first-order valence-corrected chi connectivity index (χ1v) is 33.0. The molecule has 7 atom stereocenters. The van der Waals surface area contributed by atoms with Crippen molar-refractivity contribution in [1.82, 2.24) is 5.32 Å². The van der Waals surface area contributed by atoms with Crippen LogP contribution >= 0.6 is 0 Å². The number of carbonyl (C=O) groups excluding carboxylic acids is 1. The van der Waals surface area contributed by atoms with Crippen LogP contribution in [0.3, 0.4) is 0 Å². The Hall–Kier alpha value is -4.71. The van der Waals surface area contributed by atoms with Crippen LogP contribution in [-0.4, -0.2) is 87.5 Å². The van der Waals surface area contributed by atoms with E-state index in [2.05, 4.69) is 189 Å². The van der Waals surface area contributed by atoms with Crippen molar-refractivity contribution in [3.63, 3.8) is 0 Å². The third-order valence-electron chi connectivity index (χ3n) is 14.2. The molecule has 1 amide bonds. The first kappa shape index (κ1) is 77.3. The maximum Gasteiger partial charge on any atom is 0.220 e. The Kier molecular flexibility index (Phi) is 56.5. The average Bonchev–Trinajstić information content (AvgIpc) is 3.70. The highest BCUT2D eigenvalue weighted by Crippen LogP contribution is 2.23. The molecule has 1 aliphatic heterocycles. The highest BCUT2D eigenvalue weighted by atomic mass is 16.7. The Morgan fingerprint density at radius 3 is 1.14 bits per heavy atom. The highest BCUT2D eigenvalue weighted by molar-refractivity contribution is 5.76. The van der Waals surface area contributed by atoms with Crippen molar-refractivity contribution in [2.45, 2.75) is 269 Å². The Balaban J connectivity index is 2.23. The van der Waals surface area contributed by atoms with E-state index < -0.39 is 49.5 Å². The van der Waals surface area contributed by atoms with Crippen LogP contribution in [0, 0.1) is 0 Å². The van der Waals surface area contributed by atoms with Gasteiger partial charge in [-0.15, -0.1) is 0 Å². The fourth-order valence-electron chi connectivity index (χ4n) is 9.05. The predicted molar refractivity (Wildman–Crippen MR) is 358 cm³/mol. The van der Waals surface area contributed by atoms with E-state index in [4.69, 9.17) is 9.47 Å². The summed E-state index contributed by atoms with van der Waals surface area (Å²) >= 11 is 0. The number of rotatable bonds is 54. The average molecular weight is 1160 g/mol. The second kappa shape index (κ2) is 61.4. The van der Waals surface area contributed by atoms with Gasteiger partial charge in [0.25, 0.3) is 0 Å². The third kappa shape index (κ3) is 49.5. The molecule has 1 fully saturated rings. The van der Waals surface area contributed by atoms with Crippen LogP contribution in [-0.2, 0) is 14.3 Å². The van der Waals surface area contributed by atoms with Crippen molar-refractivity contribution >= 4 is 5.91 Å². The van der Waals surface area contributed by atoms with Gasteiger partial charge in [-0.3, -0.25) is 4.79 Å². The largest absolute Gasteiger partial charge is 0.394 e. The molecule has 1 saturated heterocycles. The number of nitrogens with one attached hydrogen (secondary N) is 1. The maximum atomic E-state index is 13.1. The summed E-state index contributed by atoms with van der Waals surface area (Å²) in [6.07, 6.45) is 92.6. The Bertz CT molecular complexity index is 1980. The molecule has 7 unspecified atom stereocenters. The van der Waals surface area contributed by atoms with Gasteiger partial charge in [0.15, 0.2) is 6.29 Å². The van der Waals surface area contributed by atoms with Crippen LogP contribution < -0.4 is 5.32 Å². The number of hydrogen-bond acceptors (Lipinski definition) is 8. The minimum absolute atomic E-state index is 0.223. The van der Waals surface area contributed by atoms with Crippen molar-refractivity contribution < 1.29 is 39.8 Å². The number of ether oxygens (including phenoxy) is 2. The lowest BCUT2D eigenvalue weighted by Gasteiger charge is -2.40. The van der Waals surface area contributed by atoms with Crippen molar-refractivity contribution in [2.75, 3.05) is 13.2 Å². The Morgan fingerprint density at radius 1 is 0.417 bits per heavy atom. The molecule has 1 rings (SSSR count). The second-order valence-electron chi connectivity index (χ2n) is 21.8. The van der Waals surface area contributed by atoms with Crippen LogP contribution in [0.25, 0.3) is 0 Å². The molecule has 1 heterocycles. The van der Waals surface area contributed by atoms with E-state index in [1.165, 1.54) is 64.2 Å². The van der Waals surface area contributed by atoms with E-state index in [9.17, 15) is 30.3 Å². The maximum absolute atomic E-state index is 13.1. The fraction of sp³-hybridized carbons (Fsp3) is 0.587. The van der Waals surface area contributed by atoms with Crippen molar-refractivity contribution in [3.05, 3.63) is 182 Å². The van der Waals surface area contributed by atoms with Crippen molar-refractivity contribution in [3.8, 4) is 0 Å². The minimum Gasteiger partial charge on any atom is -0.394 e. The lowest BCUT2D eigenvalue weighted by atomic mass is 9.99. The Labute approximate surface area is 512 Å². The zero-order valence-electron chi connectivity index (χ0n) is 52.6. The standard InChI is InChI=1S/C75H119NO8/c1-3-5-7-9-11-13-15-17-19-21-23-25-26-27-28-29-30-31-32-33-34-35-36-37-38-39-40-41-42-43-44-45-47-49-51-53-55-57-59-61-63-65-71(79)76-68(67-83-75-74(82)73(81)72(80)70(66-77)84-75)69(78)64-62-60-58-56-54-52-50-48-46-24-22-20-18-16-14-12-10-8-6-4-2/h5,7,11,13,17,19,23,25,27-28,30-31,33-34,36-37,39-40,42-43,45-48,51,53-54,56,62,64,68-70,72-75,77-78,80-82H,3-4,6,8-10,12,14-16,18,20-22,24,26,29,32,35,38,41,44,49-50,52,55,57-61,63,65-67H2,1-2H3,(H,76,79)/b7-5-,13-11-,19-17-,25-23-,28-27-,31-30-,34-33-,37-36-,40-39-,43-42-,47-45-,48-46+,53-51-,56-54+,64-62+. The lowest BCUT2D eigenvalue weighted by Crippen LogP contribution is -2.60. The van der Waals surface area contributed by atoms with Crippen molar-refractivity contribution in [2.24, 2.45) is 0 Å². The van der Waals surface area contributed by atoms with Gasteiger partial charge in [0.1, 0.15) is 24.4 Å². The number of aliphatic hydroxyl groups is 5. The molecular formula is C75H119NO8. The summed E-state index contributed by atoms with van der Waals surface area (Å²) in [6, 6.07) is -0.857. The molecule has 84 heavy (non-hydrogen) atoms. The first-order valence-electron chi connectivity index (χ1n) is 33.0. The van der Waals surface area contributed by atoms with Crippen LogP contribution in [0.1, 0.15) is 226 Å². The number of unbranched alkanes of at least 4 members (excludes halogenated alkanes) is 16. The smallest absolute Gasteiger partial charge is 0.220 e. The molecule has 0 aromatic carbocycles. The summed E-state index contributed by atoms with van der Waals surface area (Å²) in [5.74, 6) is -0.223. The molecule has 0 spiro atoms. The van der Waals surface area contributed by atoms with Gasteiger partial charge in [-0.1, -0.05) is 267 Å². The van der Waals surface area contributed by atoms with Crippen LogP contribution in [0.5, 0.6) is 0 Å². The summed E-state index contributed by atoms with van der Waals surface area (Å²) in [6.45, 7) is 3.62. The van der Waals surface area contributed by atoms with Gasteiger partial charge < -0.3 is 40.3 Å². The molecule has 0 radical (unpaired) electrons. The van der Waals surface area contributed by atoms with Gasteiger partial charge in [0, 0.05) is 6.42 Å². The summed E-state index contributed by atoms with van der Waals surface area (Å²) in [7, 11) is 0. The van der Waals surface area contributed by atoms with E-state index in [1.807, 2.05) is 6.08 Å². The van der Waals surface area contributed by atoms with Crippen molar-refractivity contribution in [1.29, 1.82) is 0 Å². The molecule has 472 valence electrons. The van der Waals surface area contributed by atoms with Gasteiger partial charge in [-0.05, 0) is 135 Å². The van der Waals surface area contributed by atoms with Gasteiger partial charge in [0.05, 0.1) is 25.4 Å². The van der Waals surface area contributed by atoms with E-state index >= 15 is 0 Å². The van der Waals surface area contributed by atoms with Gasteiger partial charge in [-0.2, -0.15) is 0 Å². The molecule has 0 aromatic rings. The molecule has 9 heteroatoms. The zero-order valence-corrected chi connectivity index (χ0v) is 52.6. The predicted octanol–water partition coefficient (Wildman–Crippen LogP) is 17.9. The molecule has 6 N–H and O–H groups in total. The molecule has 0 aromatic heterocycles. The quantitative estimate of drug-likeness (QED) is 0.0261. The Morgan fingerprint density at radius 2 is 0.750 bits per heavy atom. The molecule has 1 aliphatic rings. The number of hydrogen-bond donors (Lipinski definition) is 6. The van der Waals surface area contributed by atoms with Crippen LogP contribution in [0.2, 0.25) is 0 Å². The summed E-state index contributed by atoms with van der Waals surface area (Å²) in [4.78, 5) is 13.1. The normalized spacial score (nSPS) is 19.4. The van der Waals surface area contributed by atoms with E-state index in [-0.39, 0.29) is 12.5 Å². The molecule has 0 bridgehead atoms. The monoisotopic (exact) mass is 1160 g/mol. The summed E-state index contributed by atoms with van der Waals surface area (Å²) in [5, 5.41) is 54.6. The van der Waals surface area contributed by atoms with Crippen LogP contribution in [0.4, 0.5) is 0 Å². The third-order valence-corrected chi connectivity index (χ3v) is 14.2. The summed E-state index contributed by atoms with van der Waals surface area (Å²) in [5.41, 5.74) is 0. The van der Waals surface area contributed by atoms with E-state index in [0.717, 1.165) is 128 Å². The zero-order chi connectivity index (χ0) is 60.7. The molecule has 0 aliphatic carbocycles. The van der Waals surface area contributed by atoms with Crippen LogP contribution in [0.15, 0.2) is 182 Å². The number of aliphatic hydroxyl groups excluding tert-OH is 5. The number of allylic oxidation sites excluding steroid dienone is 29. The molecule has 9 nitrogen and oxygen atoms in total. The van der Waals surface area contributed by atoms with Gasteiger partial charge >= 0.3 is 0 Å². The topological polar surface area (TPSA) is 149 Å². The molecule has 0 saturated carbocycles. The SMILES string of the molecule is CC/C=C\C/C=C\C/C=C\C/C=C\C/C=C\C/C=C\C/C=C\C/C=C\C/C=C\C/C=C\C/C=C\C/C=C\CCCCCCC(=O)NC(COC1OC(CO)C(O)C(O)C1O)C(O)/C=C/CC/C=C/CC/C=C/CCCCCCCCCCCC.